The van der Waals surface area contributed by atoms with E-state index in [4.69, 9.17) is 14.7 Å². The van der Waals surface area contributed by atoms with Crippen molar-refractivity contribution in [3.05, 3.63) is 29.3 Å². The summed E-state index contributed by atoms with van der Waals surface area (Å²) < 4.78 is 48.5. The molecule has 3 nitrogen and oxygen atoms in total. The predicted molar refractivity (Wildman–Crippen MR) is 60.6 cm³/mol. The third-order valence-electron chi connectivity index (χ3n) is 2.89. The van der Waals surface area contributed by atoms with E-state index in [0.29, 0.717) is 26.1 Å². The van der Waals surface area contributed by atoms with Gasteiger partial charge in [0.25, 0.3) is 0 Å². The van der Waals surface area contributed by atoms with Gasteiger partial charge in [-0.15, -0.1) is 0 Å². The van der Waals surface area contributed by atoms with E-state index in [1.54, 1.807) is 0 Å². The molecule has 0 aliphatic carbocycles. The van der Waals surface area contributed by atoms with Crippen LogP contribution in [0.15, 0.2) is 18.2 Å². The van der Waals surface area contributed by atoms with E-state index in [2.05, 4.69) is 0 Å². The van der Waals surface area contributed by atoms with Crippen LogP contribution in [0.2, 0.25) is 0 Å². The molecule has 0 N–H and O–H groups in total. The van der Waals surface area contributed by atoms with Crippen LogP contribution in [0, 0.1) is 11.3 Å². The number of nitrogens with zero attached hydrogens (tertiary/aromatic N) is 1. The summed E-state index contributed by atoms with van der Waals surface area (Å²) in [6, 6.07) is 4.74. The van der Waals surface area contributed by atoms with Crippen molar-refractivity contribution in [2.45, 2.75) is 25.1 Å². The number of rotatable bonds is 2. The molecule has 0 radical (unpaired) electrons. The normalized spacial score (nSPS) is 16.9. The minimum atomic E-state index is -4.44. The van der Waals surface area contributed by atoms with Crippen molar-refractivity contribution in [1.29, 1.82) is 5.26 Å². The zero-order chi connectivity index (χ0) is 13.9. The maximum atomic E-state index is 12.6. The van der Waals surface area contributed by atoms with Crippen LogP contribution in [0.25, 0.3) is 0 Å². The van der Waals surface area contributed by atoms with Crippen LogP contribution in [-0.4, -0.2) is 19.3 Å². The van der Waals surface area contributed by atoms with E-state index >= 15 is 0 Å². The molecule has 1 fully saturated rings. The van der Waals surface area contributed by atoms with Crippen LogP contribution in [-0.2, 0) is 10.9 Å². The van der Waals surface area contributed by atoms with Gasteiger partial charge in [-0.05, 0) is 18.2 Å². The van der Waals surface area contributed by atoms with E-state index in [1.807, 2.05) is 6.07 Å². The fourth-order valence-corrected chi connectivity index (χ4v) is 1.86. The second-order valence-electron chi connectivity index (χ2n) is 4.25. The third-order valence-corrected chi connectivity index (χ3v) is 2.89. The molecule has 2 rings (SSSR count). The minimum Gasteiger partial charge on any atom is -0.489 e. The number of hydrogen-bond acceptors (Lipinski definition) is 3. The number of halogens is 3. The van der Waals surface area contributed by atoms with Crippen molar-refractivity contribution in [2.24, 2.45) is 0 Å². The van der Waals surface area contributed by atoms with Crippen LogP contribution < -0.4 is 4.74 Å². The molecule has 1 heterocycles. The summed E-state index contributed by atoms with van der Waals surface area (Å²) in [5, 5.41) is 8.91. The number of alkyl halides is 3. The molecule has 0 atom stereocenters. The van der Waals surface area contributed by atoms with Gasteiger partial charge in [-0.3, -0.25) is 0 Å². The average molecular weight is 271 g/mol. The smallest absolute Gasteiger partial charge is 0.416 e. The van der Waals surface area contributed by atoms with E-state index in [-0.39, 0.29) is 17.4 Å². The highest BCUT2D eigenvalue weighted by molar-refractivity contribution is 5.46. The van der Waals surface area contributed by atoms with Crippen LogP contribution in [0.4, 0.5) is 13.2 Å². The Balaban J connectivity index is 2.23. The maximum absolute atomic E-state index is 12.6. The molecular weight excluding hydrogens is 259 g/mol. The zero-order valence-electron chi connectivity index (χ0n) is 10.0. The molecule has 1 aliphatic rings. The molecule has 0 aromatic heterocycles. The lowest BCUT2D eigenvalue weighted by molar-refractivity contribution is -0.137. The number of ether oxygens (including phenoxy) is 2. The molecule has 6 heteroatoms. The van der Waals surface area contributed by atoms with Gasteiger partial charge in [0.15, 0.2) is 0 Å². The minimum absolute atomic E-state index is 0.00998. The Morgan fingerprint density at radius 2 is 1.95 bits per heavy atom. The highest BCUT2D eigenvalue weighted by atomic mass is 19.4. The Hall–Kier alpha value is -1.74. The van der Waals surface area contributed by atoms with Gasteiger partial charge in [0.1, 0.15) is 17.9 Å². The van der Waals surface area contributed by atoms with Gasteiger partial charge in [-0.1, -0.05) is 0 Å². The van der Waals surface area contributed by atoms with E-state index in [0.717, 1.165) is 18.2 Å². The lowest BCUT2D eigenvalue weighted by Gasteiger charge is -2.24. The summed E-state index contributed by atoms with van der Waals surface area (Å²) in [6.07, 6.45) is -3.42. The van der Waals surface area contributed by atoms with Gasteiger partial charge in [-0.25, -0.2) is 0 Å². The van der Waals surface area contributed by atoms with Crippen molar-refractivity contribution in [1.82, 2.24) is 0 Å². The van der Waals surface area contributed by atoms with Gasteiger partial charge in [0.05, 0.1) is 24.3 Å². The van der Waals surface area contributed by atoms with Gasteiger partial charge < -0.3 is 9.47 Å². The second kappa shape index (κ2) is 5.49. The van der Waals surface area contributed by atoms with Gasteiger partial charge in [0, 0.05) is 12.8 Å². The van der Waals surface area contributed by atoms with E-state index < -0.39 is 11.7 Å². The summed E-state index contributed by atoms with van der Waals surface area (Å²) in [5.41, 5.74) is -0.701. The largest absolute Gasteiger partial charge is 0.489 e. The molecule has 1 aromatic rings. The average Bonchev–Trinajstić information content (AvgIpc) is 2.39. The first kappa shape index (κ1) is 13.7. The monoisotopic (exact) mass is 271 g/mol. The van der Waals surface area contributed by atoms with E-state index in [9.17, 15) is 13.2 Å². The summed E-state index contributed by atoms with van der Waals surface area (Å²) in [6.45, 7) is 1.04. The molecule has 0 unspecified atom stereocenters. The van der Waals surface area contributed by atoms with Crippen molar-refractivity contribution in [3.63, 3.8) is 0 Å². The Kier molecular flexibility index (Phi) is 3.96. The summed E-state index contributed by atoms with van der Waals surface area (Å²) in [7, 11) is 0. The molecule has 1 aliphatic heterocycles. The van der Waals surface area contributed by atoms with Crippen LogP contribution in [0.1, 0.15) is 24.0 Å². The van der Waals surface area contributed by atoms with Crippen LogP contribution >= 0.6 is 0 Å². The summed E-state index contributed by atoms with van der Waals surface area (Å²) >= 11 is 0. The number of nitriles is 1. The zero-order valence-corrected chi connectivity index (χ0v) is 10.0. The standard InChI is InChI=1S/C13H12F3NO2/c14-13(15,16)10-2-1-9(8-17)12(7-10)19-11-3-5-18-6-4-11/h1-2,7,11H,3-6H2. The Labute approximate surface area is 108 Å². The van der Waals surface area contributed by atoms with Crippen molar-refractivity contribution in [3.8, 4) is 11.8 Å². The van der Waals surface area contributed by atoms with Gasteiger partial charge in [-0.2, -0.15) is 18.4 Å². The highest BCUT2D eigenvalue weighted by Gasteiger charge is 2.31. The van der Waals surface area contributed by atoms with Gasteiger partial charge >= 0.3 is 6.18 Å². The topological polar surface area (TPSA) is 42.2 Å². The maximum Gasteiger partial charge on any atom is 0.416 e. The van der Waals surface area contributed by atoms with Crippen molar-refractivity contribution >= 4 is 0 Å². The SMILES string of the molecule is N#Cc1ccc(C(F)(F)F)cc1OC1CCOCC1. The highest BCUT2D eigenvalue weighted by Crippen LogP contribution is 2.33. The van der Waals surface area contributed by atoms with Crippen LogP contribution in [0.5, 0.6) is 5.75 Å². The fourth-order valence-electron chi connectivity index (χ4n) is 1.86. The molecule has 0 spiro atoms. The first-order valence-electron chi connectivity index (χ1n) is 5.86. The number of benzene rings is 1. The molecule has 102 valence electrons. The molecule has 0 bridgehead atoms. The van der Waals surface area contributed by atoms with Crippen molar-refractivity contribution < 1.29 is 22.6 Å². The summed E-state index contributed by atoms with van der Waals surface area (Å²) in [4.78, 5) is 0. The molecule has 0 amide bonds. The predicted octanol–water partition coefficient (Wildman–Crippen LogP) is 3.13. The summed E-state index contributed by atoms with van der Waals surface area (Å²) in [5.74, 6) is -0.00998. The Morgan fingerprint density at radius 1 is 1.26 bits per heavy atom. The van der Waals surface area contributed by atoms with Gasteiger partial charge in [0.2, 0.25) is 0 Å². The lowest BCUT2D eigenvalue weighted by atomic mass is 10.1. The molecule has 1 saturated heterocycles. The first-order chi connectivity index (χ1) is 9.00. The Bertz CT molecular complexity index is 488. The third kappa shape index (κ3) is 3.38. The molecule has 19 heavy (non-hydrogen) atoms. The molecular formula is C13H12F3NO2. The van der Waals surface area contributed by atoms with E-state index in [1.165, 1.54) is 0 Å². The van der Waals surface area contributed by atoms with Crippen molar-refractivity contribution in [2.75, 3.05) is 13.2 Å². The second-order valence-corrected chi connectivity index (χ2v) is 4.25. The quantitative estimate of drug-likeness (QED) is 0.829. The molecule has 0 saturated carbocycles. The fraction of sp³-hybridized carbons (Fsp3) is 0.462. The lowest BCUT2D eigenvalue weighted by Crippen LogP contribution is -2.26. The Morgan fingerprint density at radius 3 is 2.53 bits per heavy atom. The van der Waals surface area contributed by atoms with Crippen LogP contribution in [0.3, 0.4) is 0 Å². The number of hydrogen-bond donors (Lipinski definition) is 0. The molecule has 1 aromatic carbocycles. The first-order valence-corrected chi connectivity index (χ1v) is 5.86.